The third kappa shape index (κ3) is 4.85. The second-order valence-electron chi connectivity index (χ2n) is 6.21. The highest BCUT2D eigenvalue weighted by Gasteiger charge is 2.23. The molecule has 0 atom stereocenters. The minimum Gasteiger partial charge on any atom is -0.301 e. The van der Waals surface area contributed by atoms with E-state index in [4.69, 9.17) is 0 Å². The van der Waals surface area contributed by atoms with Gasteiger partial charge >= 0.3 is 0 Å². The quantitative estimate of drug-likeness (QED) is 0.857. The van der Waals surface area contributed by atoms with Crippen LogP contribution in [0.15, 0.2) is 35.8 Å². The molecule has 24 heavy (non-hydrogen) atoms. The number of carbonyl (C=O) groups is 1. The number of thiazole rings is 1. The topological polar surface area (TPSA) is 45.2 Å². The van der Waals surface area contributed by atoms with Crippen molar-refractivity contribution in [1.82, 2.24) is 9.88 Å². The van der Waals surface area contributed by atoms with Gasteiger partial charge in [0.2, 0.25) is 5.91 Å². The second-order valence-corrected chi connectivity index (χ2v) is 7.10. The molecule has 1 aliphatic rings. The monoisotopic (exact) mass is 347 g/mol. The Morgan fingerprint density at radius 3 is 2.67 bits per heavy atom. The maximum absolute atomic E-state index is 13.1. The summed E-state index contributed by atoms with van der Waals surface area (Å²) in [5.41, 5.74) is 1.03. The minimum atomic E-state index is -0.232. The summed E-state index contributed by atoms with van der Waals surface area (Å²) in [6, 6.07) is 6.95. The van der Waals surface area contributed by atoms with Crippen molar-refractivity contribution in [2.45, 2.75) is 44.7 Å². The molecule has 0 spiro atoms. The van der Waals surface area contributed by atoms with Crippen molar-refractivity contribution in [1.29, 1.82) is 0 Å². The van der Waals surface area contributed by atoms with Crippen LogP contribution >= 0.6 is 11.3 Å². The van der Waals surface area contributed by atoms with Gasteiger partial charge in [-0.05, 0) is 30.5 Å². The fourth-order valence-electron chi connectivity index (χ4n) is 3.21. The molecule has 1 fully saturated rings. The third-order valence-corrected chi connectivity index (χ3v) is 5.10. The van der Waals surface area contributed by atoms with Crippen molar-refractivity contribution in [2.75, 3.05) is 11.9 Å². The number of halogens is 1. The van der Waals surface area contributed by atoms with Crippen LogP contribution < -0.4 is 5.32 Å². The smallest absolute Gasteiger partial charge is 0.240 e. The van der Waals surface area contributed by atoms with Gasteiger partial charge in [0.25, 0.3) is 0 Å². The SMILES string of the molecule is O=C(CN(Cc1ccc(F)cc1)C1CCCCC1)Nc1nccs1. The first-order chi connectivity index (χ1) is 11.7. The van der Waals surface area contributed by atoms with Gasteiger partial charge in [-0.3, -0.25) is 9.69 Å². The number of aromatic nitrogens is 1. The van der Waals surface area contributed by atoms with Crippen LogP contribution in [0.5, 0.6) is 0 Å². The van der Waals surface area contributed by atoms with E-state index in [1.807, 2.05) is 5.38 Å². The van der Waals surface area contributed by atoms with E-state index in [2.05, 4.69) is 15.2 Å². The fraction of sp³-hybridized carbons (Fsp3) is 0.444. The van der Waals surface area contributed by atoms with E-state index in [0.29, 0.717) is 24.3 Å². The standard InChI is InChI=1S/C18H22FN3OS/c19-15-8-6-14(7-9-15)12-22(16-4-2-1-3-5-16)13-17(23)21-18-20-10-11-24-18/h6-11,16H,1-5,12-13H2,(H,20,21,23). The van der Waals surface area contributed by atoms with E-state index in [1.54, 1.807) is 18.3 Å². The Kier molecular flexibility index (Phi) is 5.93. The molecule has 0 saturated heterocycles. The van der Waals surface area contributed by atoms with Crippen LogP contribution in [-0.2, 0) is 11.3 Å². The van der Waals surface area contributed by atoms with Crippen LogP contribution in [0.4, 0.5) is 9.52 Å². The Labute approximate surface area is 145 Å². The molecule has 0 aliphatic heterocycles. The Balaban J connectivity index is 1.66. The highest BCUT2D eigenvalue weighted by atomic mass is 32.1. The van der Waals surface area contributed by atoms with Gasteiger partial charge in [0.05, 0.1) is 6.54 Å². The van der Waals surface area contributed by atoms with Crippen molar-refractivity contribution in [3.05, 3.63) is 47.2 Å². The molecule has 4 nitrogen and oxygen atoms in total. The Morgan fingerprint density at radius 1 is 1.25 bits per heavy atom. The van der Waals surface area contributed by atoms with Crippen molar-refractivity contribution < 1.29 is 9.18 Å². The summed E-state index contributed by atoms with van der Waals surface area (Å²) in [4.78, 5) is 18.7. The summed E-state index contributed by atoms with van der Waals surface area (Å²) in [6.07, 6.45) is 7.60. The van der Waals surface area contributed by atoms with Gasteiger partial charge < -0.3 is 5.32 Å². The highest BCUT2D eigenvalue weighted by Crippen LogP contribution is 2.24. The van der Waals surface area contributed by atoms with Gasteiger partial charge in [-0.15, -0.1) is 11.3 Å². The first-order valence-corrected chi connectivity index (χ1v) is 9.26. The Hall–Kier alpha value is -1.79. The first-order valence-electron chi connectivity index (χ1n) is 8.38. The fourth-order valence-corrected chi connectivity index (χ4v) is 3.76. The van der Waals surface area contributed by atoms with Crippen LogP contribution in [0, 0.1) is 5.82 Å². The first kappa shape index (κ1) is 17.0. The van der Waals surface area contributed by atoms with Crippen LogP contribution in [0.3, 0.4) is 0 Å². The number of amides is 1. The normalized spacial score (nSPS) is 15.6. The number of carbonyl (C=O) groups excluding carboxylic acids is 1. The number of rotatable bonds is 6. The van der Waals surface area contributed by atoms with E-state index in [-0.39, 0.29) is 11.7 Å². The van der Waals surface area contributed by atoms with Crippen molar-refractivity contribution >= 4 is 22.4 Å². The molecule has 3 rings (SSSR count). The molecule has 1 heterocycles. The molecule has 1 N–H and O–H groups in total. The Bertz CT molecular complexity index is 639. The molecule has 0 unspecified atom stereocenters. The number of nitrogens with zero attached hydrogens (tertiary/aromatic N) is 2. The third-order valence-electron chi connectivity index (χ3n) is 4.42. The largest absolute Gasteiger partial charge is 0.301 e. The number of anilines is 1. The lowest BCUT2D eigenvalue weighted by Crippen LogP contribution is -2.41. The predicted octanol–water partition coefficient (Wildman–Crippen LogP) is 4.06. The van der Waals surface area contributed by atoms with Gasteiger partial charge in [0.15, 0.2) is 5.13 Å². The number of nitrogens with one attached hydrogen (secondary N) is 1. The van der Waals surface area contributed by atoms with Crippen molar-refractivity contribution in [3.63, 3.8) is 0 Å². The van der Waals surface area contributed by atoms with Gasteiger partial charge in [0, 0.05) is 24.2 Å². The van der Waals surface area contributed by atoms with Crippen LogP contribution in [0.2, 0.25) is 0 Å². The van der Waals surface area contributed by atoms with E-state index >= 15 is 0 Å². The minimum absolute atomic E-state index is 0.0439. The number of benzene rings is 1. The van der Waals surface area contributed by atoms with E-state index < -0.39 is 0 Å². The Morgan fingerprint density at radius 2 is 2.00 bits per heavy atom. The van der Waals surface area contributed by atoms with E-state index in [1.165, 1.54) is 42.7 Å². The summed E-state index contributed by atoms with van der Waals surface area (Å²) in [7, 11) is 0. The summed E-state index contributed by atoms with van der Waals surface area (Å²) in [6.45, 7) is 0.998. The van der Waals surface area contributed by atoms with Crippen molar-refractivity contribution in [2.24, 2.45) is 0 Å². The lowest BCUT2D eigenvalue weighted by atomic mass is 9.93. The predicted molar refractivity (Wildman–Crippen MR) is 94.4 cm³/mol. The van der Waals surface area contributed by atoms with Crippen LogP contribution in [0.1, 0.15) is 37.7 Å². The van der Waals surface area contributed by atoms with Crippen LogP contribution in [-0.4, -0.2) is 28.4 Å². The molecule has 1 amide bonds. The summed E-state index contributed by atoms with van der Waals surface area (Å²) in [5.74, 6) is -0.276. The number of hydrogen-bond acceptors (Lipinski definition) is 4. The maximum Gasteiger partial charge on any atom is 0.240 e. The summed E-state index contributed by atoms with van der Waals surface area (Å²) in [5, 5.41) is 5.32. The molecule has 6 heteroatoms. The zero-order chi connectivity index (χ0) is 16.8. The molecule has 0 radical (unpaired) electrons. The molecular formula is C18H22FN3OS. The number of hydrogen-bond donors (Lipinski definition) is 1. The van der Waals surface area contributed by atoms with Crippen LogP contribution in [0.25, 0.3) is 0 Å². The summed E-state index contributed by atoms with van der Waals surface area (Å²) < 4.78 is 13.1. The average Bonchev–Trinajstić information content (AvgIpc) is 3.10. The molecule has 1 saturated carbocycles. The lowest BCUT2D eigenvalue weighted by Gasteiger charge is -2.33. The lowest BCUT2D eigenvalue weighted by molar-refractivity contribution is -0.118. The van der Waals surface area contributed by atoms with Crippen molar-refractivity contribution in [3.8, 4) is 0 Å². The van der Waals surface area contributed by atoms with Gasteiger partial charge in [-0.25, -0.2) is 9.37 Å². The summed E-state index contributed by atoms with van der Waals surface area (Å²) >= 11 is 1.42. The molecule has 0 bridgehead atoms. The van der Waals surface area contributed by atoms with Gasteiger partial charge in [0.1, 0.15) is 5.82 Å². The zero-order valence-corrected chi connectivity index (χ0v) is 14.4. The van der Waals surface area contributed by atoms with E-state index in [0.717, 1.165) is 18.4 Å². The molecular weight excluding hydrogens is 325 g/mol. The van der Waals surface area contributed by atoms with E-state index in [9.17, 15) is 9.18 Å². The maximum atomic E-state index is 13.1. The molecule has 128 valence electrons. The zero-order valence-electron chi connectivity index (χ0n) is 13.6. The average molecular weight is 347 g/mol. The molecule has 1 aromatic carbocycles. The van der Waals surface area contributed by atoms with Gasteiger partial charge in [-0.1, -0.05) is 31.4 Å². The second kappa shape index (κ2) is 8.35. The van der Waals surface area contributed by atoms with Gasteiger partial charge in [-0.2, -0.15) is 0 Å². The molecule has 1 aliphatic carbocycles. The molecule has 1 aromatic heterocycles. The molecule has 2 aromatic rings. The highest BCUT2D eigenvalue weighted by molar-refractivity contribution is 7.13.